The maximum Gasteiger partial charge on any atom is 0.254 e. The van der Waals surface area contributed by atoms with E-state index in [2.05, 4.69) is 10.6 Å². The summed E-state index contributed by atoms with van der Waals surface area (Å²) in [5.41, 5.74) is 0.523. The van der Waals surface area contributed by atoms with Crippen LogP contribution in [0.4, 0.5) is 8.78 Å². The number of carbonyl (C=O) groups excluding carboxylic acids is 1. The fourth-order valence-corrected chi connectivity index (χ4v) is 2.89. The third-order valence-electron chi connectivity index (χ3n) is 4.12. The molecule has 25 heavy (non-hydrogen) atoms. The molecule has 1 heterocycles. The summed E-state index contributed by atoms with van der Waals surface area (Å²) in [5.74, 6) is -3.60. The highest BCUT2D eigenvalue weighted by Crippen LogP contribution is 2.26. The van der Waals surface area contributed by atoms with Crippen LogP contribution in [0.25, 0.3) is 0 Å². The van der Waals surface area contributed by atoms with Gasteiger partial charge in [-0.1, -0.05) is 30.3 Å². The molecule has 0 aromatic heterocycles. The molecule has 0 spiro atoms. The van der Waals surface area contributed by atoms with Gasteiger partial charge in [-0.15, -0.1) is 0 Å². The summed E-state index contributed by atoms with van der Waals surface area (Å²) < 4.78 is 34.2. The average Bonchev–Trinajstić information content (AvgIpc) is 2.60. The normalized spacial score (nSPS) is 16.8. The first kappa shape index (κ1) is 19.3. The molecule has 7 heteroatoms. The van der Waals surface area contributed by atoms with Crippen molar-refractivity contribution in [2.45, 2.75) is 43.7 Å². The molecule has 1 aromatic carbocycles. The Hall–Kier alpha value is -2.04. The molecule has 1 amide bonds. The van der Waals surface area contributed by atoms with E-state index in [1.54, 1.807) is 36.4 Å². The molecule has 1 aliphatic heterocycles. The van der Waals surface area contributed by atoms with Crippen molar-refractivity contribution in [2.24, 2.45) is 0 Å². The first-order valence-corrected chi connectivity index (χ1v) is 8.40. The number of nitriles is 1. The van der Waals surface area contributed by atoms with Gasteiger partial charge in [0.25, 0.3) is 5.92 Å². The van der Waals surface area contributed by atoms with Gasteiger partial charge in [0, 0.05) is 32.1 Å². The van der Waals surface area contributed by atoms with E-state index >= 15 is 0 Å². The summed E-state index contributed by atoms with van der Waals surface area (Å²) >= 11 is 0. The first-order valence-electron chi connectivity index (χ1n) is 8.40. The second-order valence-corrected chi connectivity index (χ2v) is 6.20. The van der Waals surface area contributed by atoms with Gasteiger partial charge in [-0.2, -0.15) is 5.26 Å². The van der Waals surface area contributed by atoms with Crippen molar-refractivity contribution in [3.63, 3.8) is 0 Å². The number of amides is 1. The Morgan fingerprint density at radius 2 is 2.00 bits per heavy atom. The van der Waals surface area contributed by atoms with Gasteiger partial charge in [-0.25, -0.2) is 8.78 Å². The van der Waals surface area contributed by atoms with Crippen LogP contribution in [0.15, 0.2) is 30.3 Å². The van der Waals surface area contributed by atoms with E-state index in [-0.39, 0.29) is 12.6 Å². The molecule has 0 aliphatic carbocycles. The number of benzene rings is 1. The number of halogens is 2. The summed E-state index contributed by atoms with van der Waals surface area (Å²) in [5, 5.41) is 14.0. The van der Waals surface area contributed by atoms with E-state index in [1.807, 2.05) is 0 Å². The van der Waals surface area contributed by atoms with Crippen molar-refractivity contribution < 1.29 is 18.3 Å². The van der Waals surface area contributed by atoms with Crippen LogP contribution in [0.3, 0.4) is 0 Å². The number of ether oxygens (including phenoxy) is 1. The quantitative estimate of drug-likeness (QED) is 0.703. The van der Waals surface area contributed by atoms with Gasteiger partial charge in [-0.3, -0.25) is 4.79 Å². The number of nitrogens with zero attached hydrogens (tertiary/aromatic N) is 1. The number of alkyl halides is 2. The number of hydrogen-bond acceptors (Lipinski definition) is 4. The second-order valence-electron chi connectivity index (χ2n) is 6.20. The zero-order valence-electron chi connectivity index (χ0n) is 14.0. The summed E-state index contributed by atoms with van der Waals surface area (Å²) in [6.45, 7) is 0.893. The molecule has 136 valence electrons. The Bertz CT molecular complexity index is 584. The molecule has 0 radical (unpaired) electrons. The molecule has 1 fully saturated rings. The molecule has 2 rings (SSSR count). The Morgan fingerprint density at radius 3 is 2.64 bits per heavy atom. The van der Waals surface area contributed by atoms with E-state index < -0.39 is 30.7 Å². The molecule has 1 atom stereocenters. The zero-order chi connectivity index (χ0) is 18.1. The molecule has 0 bridgehead atoms. The van der Waals surface area contributed by atoms with Crippen LogP contribution in [-0.4, -0.2) is 43.7 Å². The van der Waals surface area contributed by atoms with E-state index in [4.69, 9.17) is 10.00 Å². The van der Waals surface area contributed by atoms with E-state index in [1.165, 1.54) is 0 Å². The van der Waals surface area contributed by atoms with Crippen LogP contribution < -0.4 is 10.6 Å². The maximum atomic E-state index is 14.5. The van der Waals surface area contributed by atoms with Crippen molar-refractivity contribution in [1.29, 1.82) is 5.26 Å². The third kappa shape index (κ3) is 6.77. The van der Waals surface area contributed by atoms with Gasteiger partial charge >= 0.3 is 0 Å². The number of nitrogens with one attached hydrogen (secondary N) is 2. The number of hydrogen-bond donors (Lipinski definition) is 2. The van der Waals surface area contributed by atoms with E-state index in [0.717, 1.165) is 0 Å². The number of carbonyl (C=O) groups is 1. The van der Waals surface area contributed by atoms with Crippen LogP contribution in [0.5, 0.6) is 0 Å². The van der Waals surface area contributed by atoms with Gasteiger partial charge in [-0.05, 0) is 18.4 Å². The second kappa shape index (κ2) is 9.44. The van der Waals surface area contributed by atoms with Gasteiger partial charge in [0.15, 0.2) is 0 Å². The lowest BCUT2D eigenvalue weighted by Gasteiger charge is -2.30. The Balaban J connectivity index is 2.02. The molecule has 0 saturated carbocycles. The molecule has 1 aromatic rings. The molecule has 5 nitrogen and oxygen atoms in total. The first-order chi connectivity index (χ1) is 12.0. The van der Waals surface area contributed by atoms with Crippen LogP contribution in [0, 0.1) is 11.3 Å². The topological polar surface area (TPSA) is 74.2 Å². The van der Waals surface area contributed by atoms with Crippen molar-refractivity contribution >= 4 is 5.91 Å². The van der Waals surface area contributed by atoms with Gasteiger partial charge in [0.05, 0.1) is 12.1 Å². The summed E-state index contributed by atoms with van der Waals surface area (Å²) in [4.78, 5) is 12.2. The predicted molar refractivity (Wildman–Crippen MR) is 89.1 cm³/mol. The zero-order valence-corrected chi connectivity index (χ0v) is 14.0. The highest BCUT2D eigenvalue weighted by Gasteiger charge is 2.36. The fraction of sp³-hybridized carbons (Fsp3) is 0.556. The molecule has 1 saturated heterocycles. The monoisotopic (exact) mass is 351 g/mol. The van der Waals surface area contributed by atoms with Gasteiger partial charge in [0.2, 0.25) is 5.91 Å². The van der Waals surface area contributed by atoms with Crippen molar-refractivity contribution in [2.75, 3.05) is 19.8 Å². The summed E-state index contributed by atoms with van der Waals surface area (Å²) in [6, 6.07) is 9.18. The van der Waals surface area contributed by atoms with Crippen molar-refractivity contribution in [1.82, 2.24) is 10.6 Å². The Labute approximate surface area is 146 Å². The lowest BCUT2D eigenvalue weighted by atomic mass is 9.98. The highest BCUT2D eigenvalue weighted by molar-refractivity contribution is 5.82. The predicted octanol–water partition coefficient (Wildman–Crippen LogP) is 2.03. The van der Waals surface area contributed by atoms with Crippen LogP contribution >= 0.6 is 0 Å². The standard InChI is InChI=1S/C18H23F2N3O2/c19-18(20,12-14-4-2-1-3-5-14)13-16(17(24)22-9-8-21)23-15-6-10-25-11-7-15/h1-5,15-16,23H,6-7,9-13H2,(H,22,24)/t16-/m0/s1. The van der Waals surface area contributed by atoms with E-state index in [0.29, 0.717) is 31.6 Å². The summed E-state index contributed by atoms with van der Waals surface area (Å²) in [7, 11) is 0. The molecule has 2 N–H and O–H groups in total. The number of rotatable bonds is 8. The largest absolute Gasteiger partial charge is 0.381 e. The molecular weight excluding hydrogens is 328 g/mol. The van der Waals surface area contributed by atoms with Crippen molar-refractivity contribution in [3.05, 3.63) is 35.9 Å². The minimum Gasteiger partial charge on any atom is -0.381 e. The Morgan fingerprint density at radius 1 is 1.32 bits per heavy atom. The van der Waals surface area contributed by atoms with Gasteiger partial charge < -0.3 is 15.4 Å². The molecule has 0 unspecified atom stereocenters. The minimum atomic E-state index is -3.03. The van der Waals surface area contributed by atoms with Gasteiger partial charge in [0.1, 0.15) is 6.54 Å². The molecular formula is C18H23F2N3O2. The average molecular weight is 351 g/mol. The minimum absolute atomic E-state index is 0.0425. The lowest BCUT2D eigenvalue weighted by molar-refractivity contribution is -0.126. The SMILES string of the molecule is N#CCNC(=O)[C@H](CC(F)(F)Cc1ccccc1)NC1CCOCC1. The maximum absolute atomic E-state index is 14.5. The lowest BCUT2D eigenvalue weighted by Crippen LogP contribution is -2.52. The summed E-state index contributed by atoms with van der Waals surface area (Å²) in [6.07, 6.45) is 0.306. The smallest absolute Gasteiger partial charge is 0.254 e. The van der Waals surface area contributed by atoms with Crippen LogP contribution in [0.1, 0.15) is 24.8 Å². The van der Waals surface area contributed by atoms with Crippen LogP contribution in [-0.2, 0) is 16.0 Å². The van der Waals surface area contributed by atoms with Crippen LogP contribution in [0.2, 0.25) is 0 Å². The highest BCUT2D eigenvalue weighted by atomic mass is 19.3. The van der Waals surface area contributed by atoms with E-state index in [9.17, 15) is 13.6 Å². The Kier molecular flexibility index (Phi) is 7.29. The third-order valence-corrected chi connectivity index (χ3v) is 4.12. The molecule has 1 aliphatic rings. The fourth-order valence-electron chi connectivity index (χ4n) is 2.89. The van der Waals surface area contributed by atoms with Crippen molar-refractivity contribution in [3.8, 4) is 6.07 Å².